The molecule has 2 fully saturated rings. The number of aliphatic hydroxyl groups excluding tert-OH is 1. The normalized spacial score (nSPS) is 26.7. The fourth-order valence-corrected chi connectivity index (χ4v) is 4.85. The Morgan fingerprint density at radius 2 is 2.07 bits per heavy atom. The maximum Gasteiger partial charge on any atom is 0.251 e. The molecule has 2 N–H and O–H groups in total. The number of ether oxygens (including phenoxy) is 1. The molecule has 1 aliphatic carbocycles. The summed E-state index contributed by atoms with van der Waals surface area (Å²) < 4.78 is 5.13. The summed E-state index contributed by atoms with van der Waals surface area (Å²) >= 11 is 6.14. The first-order valence-electron chi connectivity index (χ1n) is 9.98. The van der Waals surface area contributed by atoms with Crippen LogP contribution in [-0.2, 0) is 6.54 Å². The molecular weight excluding hydrogens is 390 g/mol. The van der Waals surface area contributed by atoms with Crippen molar-refractivity contribution in [1.29, 1.82) is 0 Å². The zero-order valence-electron chi connectivity index (χ0n) is 16.4. The lowest BCUT2D eigenvalue weighted by Gasteiger charge is -2.35. The van der Waals surface area contributed by atoms with Gasteiger partial charge in [0.05, 0.1) is 30.0 Å². The van der Waals surface area contributed by atoms with Crippen molar-refractivity contribution in [2.75, 3.05) is 20.2 Å². The zero-order chi connectivity index (χ0) is 20.4. The number of methoxy groups -OCH3 is 1. The van der Waals surface area contributed by atoms with Crippen molar-refractivity contribution in [3.8, 4) is 5.75 Å². The van der Waals surface area contributed by atoms with Gasteiger partial charge in [-0.05, 0) is 55.0 Å². The van der Waals surface area contributed by atoms with Crippen molar-refractivity contribution < 1.29 is 14.6 Å². The number of halogens is 1. The van der Waals surface area contributed by atoms with E-state index in [2.05, 4.69) is 15.2 Å². The number of aliphatic hydroxyl groups is 1. The molecule has 0 bridgehead atoms. The molecule has 1 saturated heterocycles. The van der Waals surface area contributed by atoms with Crippen LogP contribution in [0.25, 0.3) is 0 Å². The predicted octanol–water partition coefficient (Wildman–Crippen LogP) is 2.74. The first-order chi connectivity index (χ1) is 14.0. The Morgan fingerprint density at radius 1 is 1.28 bits per heavy atom. The van der Waals surface area contributed by atoms with E-state index in [9.17, 15) is 9.90 Å². The van der Waals surface area contributed by atoms with E-state index in [0.29, 0.717) is 34.6 Å². The highest BCUT2D eigenvalue weighted by Gasteiger charge is 2.42. The number of carbonyl (C=O) groups excluding carboxylic acids is 1. The highest BCUT2D eigenvalue weighted by Crippen LogP contribution is 2.37. The topological polar surface area (TPSA) is 74.7 Å². The standard InChI is InChI=1S/C22H26ClN3O3/c1-29-21-6-5-14(8-18(21)23)22(28)25-19-9-15-11-26(12-16(15)10-20(19)27)13-17-4-2-3-7-24-17/h2-8,15-16,19-20,27H,9-13H2,1H3,(H,25,28)/t15-,16+,19-,20-/m0/s1. The Hall–Kier alpha value is -2.15. The molecule has 154 valence electrons. The molecular formula is C22H26ClN3O3. The van der Waals surface area contributed by atoms with Gasteiger partial charge < -0.3 is 15.2 Å². The summed E-state index contributed by atoms with van der Waals surface area (Å²) in [6.07, 6.45) is 2.76. The number of aromatic nitrogens is 1. The van der Waals surface area contributed by atoms with Crippen molar-refractivity contribution in [2.24, 2.45) is 11.8 Å². The van der Waals surface area contributed by atoms with Crippen molar-refractivity contribution in [3.05, 3.63) is 58.9 Å². The summed E-state index contributed by atoms with van der Waals surface area (Å²) in [6.45, 7) is 2.76. The number of amides is 1. The van der Waals surface area contributed by atoms with E-state index in [0.717, 1.165) is 31.7 Å². The van der Waals surface area contributed by atoms with E-state index < -0.39 is 6.10 Å². The van der Waals surface area contributed by atoms with Crippen LogP contribution in [0.15, 0.2) is 42.6 Å². The van der Waals surface area contributed by atoms with Crippen LogP contribution in [0.1, 0.15) is 28.9 Å². The first-order valence-corrected chi connectivity index (χ1v) is 10.4. The molecule has 1 aromatic heterocycles. The second-order valence-corrected chi connectivity index (χ2v) is 8.41. The summed E-state index contributed by atoms with van der Waals surface area (Å²) in [5.41, 5.74) is 1.53. The Morgan fingerprint density at radius 3 is 2.76 bits per heavy atom. The number of hydrogen-bond donors (Lipinski definition) is 2. The van der Waals surface area contributed by atoms with E-state index in [-0.39, 0.29) is 11.9 Å². The van der Waals surface area contributed by atoms with Crippen LogP contribution < -0.4 is 10.1 Å². The Balaban J connectivity index is 1.37. The molecule has 0 radical (unpaired) electrons. The van der Waals surface area contributed by atoms with Crippen LogP contribution in [0.5, 0.6) is 5.75 Å². The number of hydrogen-bond acceptors (Lipinski definition) is 5. The SMILES string of the molecule is COc1ccc(C(=O)N[C@H]2C[C@H]3CN(Cc4ccccn4)C[C@H]3C[C@@H]2O)cc1Cl. The zero-order valence-corrected chi connectivity index (χ0v) is 17.2. The van der Waals surface area contributed by atoms with Gasteiger partial charge in [0, 0.05) is 31.4 Å². The number of nitrogens with zero attached hydrogens (tertiary/aromatic N) is 2. The van der Waals surface area contributed by atoms with Gasteiger partial charge in [0.25, 0.3) is 5.91 Å². The van der Waals surface area contributed by atoms with E-state index in [1.165, 1.54) is 7.11 Å². The highest BCUT2D eigenvalue weighted by molar-refractivity contribution is 6.32. The number of carbonyl (C=O) groups is 1. The third-order valence-corrected chi connectivity index (χ3v) is 6.36. The molecule has 1 aliphatic heterocycles. The van der Waals surface area contributed by atoms with Gasteiger partial charge in [0.15, 0.2) is 0 Å². The molecule has 1 amide bonds. The number of likely N-dealkylation sites (tertiary alicyclic amines) is 1. The molecule has 2 heterocycles. The molecule has 4 atom stereocenters. The molecule has 0 unspecified atom stereocenters. The highest BCUT2D eigenvalue weighted by atomic mass is 35.5. The minimum absolute atomic E-state index is 0.222. The summed E-state index contributed by atoms with van der Waals surface area (Å²) in [4.78, 5) is 19.5. The van der Waals surface area contributed by atoms with Gasteiger partial charge >= 0.3 is 0 Å². The van der Waals surface area contributed by atoms with Crippen LogP contribution in [0.4, 0.5) is 0 Å². The minimum atomic E-state index is -0.538. The smallest absolute Gasteiger partial charge is 0.251 e. The number of benzene rings is 1. The van der Waals surface area contributed by atoms with Crippen LogP contribution >= 0.6 is 11.6 Å². The van der Waals surface area contributed by atoms with Gasteiger partial charge in [-0.3, -0.25) is 14.7 Å². The average molecular weight is 416 g/mol. The van der Waals surface area contributed by atoms with Crippen molar-refractivity contribution in [1.82, 2.24) is 15.2 Å². The van der Waals surface area contributed by atoms with E-state index in [1.54, 1.807) is 18.2 Å². The molecule has 2 aromatic rings. The Kier molecular flexibility index (Phi) is 6.04. The molecule has 2 aliphatic rings. The van der Waals surface area contributed by atoms with Gasteiger partial charge in [-0.15, -0.1) is 0 Å². The van der Waals surface area contributed by atoms with Crippen molar-refractivity contribution in [3.63, 3.8) is 0 Å². The molecule has 7 heteroatoms. The second kappa shape index (κ2) is 8.69. The Labute approximate surface area is 175 Å². The number of pyridine rings is 1. The van der Waals surface area contributed by atoms with Crippen molar-refractivity contribution >= 4 is 17.5 Å². The molecule has 1 saturated carbocycles. The lowest BCUT2D eigenvalue weighted by Crippen LogP contribution is -2.49. The van der Waals surface area contributed by atoms with Gasteiger partial charge in [-0.1, -0.05) is 17.7 Å². The summed E-state index contributed by atoms with van der Waals surface area (Å²) in [5, 5.41) is 14.0. The monoisotopic (exact) mass is 415 g/mol. The fourth-order valence-electron chi connectivity index (χ4n) is 4.59. The molecule has 4 rings (SSSR count). The summed E-state index contributed by atoms with van der Waals surface area (Å²) in [5.74, 6) is 1.23. The maximum absolute atomic E-state index is 12.7. The van der Waals surface area contributed by atoms with Gasteiger partial charge in [0.2, 0.25) is 0 Å². The van der Waals surface area contributed by atoms with Gasteiger partial charge in [-0.25, -0.2) is 0 Å². The largest absolute Gasteiger partial charge is 0.495 e. The predicted molar refractivity (Wildman–Crippen MR) is 111 cm³/mol. The second-order valence-electron chi connectivity index (χ2n) is 8.00. The number of fused-ring (bicyclic) bond motifs is 1. The third kappa shape index (κ3) is 4.55. The quantitative estimate of drug-likeness (QED) is 0.785. The van der Waals surface area contributed by atoms with E-state index >= 15 is 0 Å². The fraction of sp³-hybridized carbons (Fsp3) is 0.455. The number of nitrogens with one attached hydrogen (secondary N) is 1. The molecule has 0 spiro atoms. The molecule has 29 heavy (non-hydrogen) atoms. The number of rotatable bonds is 5. The van der Waals surface area contributed by atoms with Crippen LogP contribution in [-0.4, -0.2) is 53.2 Å². The Bertz CT molecular complexity index is 864. The van der Waals surface area contributed by atoms with Gasteiger partial charge in [0.1, 0.15) is 5.75 Å². The molecule has 1 aromatic carbocycles. The maximum atomic E-state index is 12.7. The third-order valence-electron chi connectivity index (χ3n) is 6.06. The summed E-state index contributed by atoms with van der Waals surface area (Å²) in [7, 11) is 1.54. The van der Waals surface area contributed by atoms with Gasteiger partial charge in [-0.2, -0.15) is 0 Å². The minimum Gasteiger partial charge on any atom is -0.495 e. The van der Waals surface area contributed by atoms with E-state index in [1.807, 2.05) is 24.4 Å². The van der Waals surface area contributed by atoms with E-state index in [4.69, 9.17) is 16.3 Å². The lowest BCUT2D eigenvalue weighted by molar-refractivity contribution is 0.0461. The van der Waals surface area contributed by atoms with Crippen LogP contribution in [0.2, 0.25) is 5.02 Å². The molecule has 6 nitrogen and oxygen atoms in total. The van der Waals surface area contributed by atoms with Crippen molar-refractivity contribution in [2.45, 2.75) is 31.5 Å². The van der Waals surface area contributed by atoms with Crippen LogP contribution in [0.3, 0.4) is 0 Å². The first kappa shape index (κ1) is 20.1. The average Bonchev–Trinajstić information content (AvgIpc) is 3.09. The summed E-state index contributed by atoms with van der Waals surface area (Å²) in [6, 6.07) is 10.7. The van der Waals surface area contributed by atoms with Crippen LogP contribution in [0, 0.1) is 11.8 Å². The lowest BCUT2D eigenvalue weighted by atomic mass is 9.77.